The van der Waals surface area contributed by atoms with Gasteiger partial charge in [0.15, 0.2) is 0 Å². The van der Waals surface area contributed by atoms with Crippen molar-refractivity contribution in [1.29, 1.82) is 0 Å². The maximum Gasteiger partial charge on any atom is 4.00 e. The molecule has 6 aliphatic rings. The average molecular weight is 639 g/mol. The topological polar surface area (TPSA) is 0 Å². The summed E-state index contributed by atoms with van der Waals surface area (Å²) >= 11 is 0. The number of fused-ring (bicyclic) bond motifs is 3. The van der Waals surface area contributed by atoms with Crippen LogP contribution in [0.25, 0.3) is 11.1 Å². The van der Waals surface area contributed by atoms with E-state index in [0.717, 1.165) is 30.6 Å². The smallest absolute Gasteiger partial charge is 1.00 e. The Hall–Kier alpha value is -0.617. The van der Waals surface area contributed by atoms with Crippen LogP contribution in [-0.2, 0) is 43.5 Å². The molecule has 0 unspecified atom stereocenters. The van der Waals surface area contributed by atoms with Crippen LogP contribution in [0.2, 0.25) is 0 Å². The standard InChI is InChI=1S/C21H25.C15H19.2ClH.Zr/c1-20(2,3)16-9-7-14-11-15-8-10-17(21(4,5)6)13-19(15)18(14)12-16;1-2-4-14(3-1)15-8-11-5-12(9-15)7-13(6-11)10-15;;;/h7,9-10,12-13H,11H2,1-6H3;1,3,11-13H,2,5-10H2;2*1H;/q2*-1;;;+4/p-2. The minimum Gasteiger partial charge on any atom is -1.00 e. The van der Waals surface area contributed by atoms with Crippen LogP contribution in [0.3, 0.4) is 0 Å². The first kappa shape index (κ1) is 32.9. The first-order valence-electron chi connectivity index (χ1n) is 14.5. The number of benzene rings is 2. The van der Waals surface area contributed by atoms with Crippen LogP contribution in [-0.4, -0.2) is 0 Å². The molecule has 2 aromatic carbocycles. The quantitative estimate of drug-likeness (QED) is 0.358. The Morgan fingerprint density at radius 3 is 1.85 bits per heavy atom. The van der Waals surface area contributed by atoms with E-state index < -0.39 is 0 Å². The van der Waals surface area contributed by atoms with Gasteiger partial charge in [-0.2, -0.15) is 35.4 Å². The van der Waals surface area contributed by atoms with Gasteiger partial charge < -0.3 is 24.8 Å². The van der Waals surface area contributed by atoms with Crippen LogP contribution in [0, 0.1) is 35.3 Å². The monoisotopic (exact) mass is 636 g/mol. The van der Waals surface area contributed by atoms with E-state index in [4.69, 9.17) is 0 Å². The van der Waals surface area contributed by atoms with Crippen molar-refractivity contribution < 1.29 is 51.0 Å². The van der Waals surface area contributed by atoms with Gasteiger partial charge in [0.25, 0.3) is 0 Å². The zero-order chi connectivity index (χ0) is 25.3. The SMILES string of the molecule is CC(C)(C)c1c[c-]c2c(c1)-c1cc(C(C)(C)C)ccc1C2.[C-]1=C(C23CC4CC(CC(C4)C2)C3)C=CC1.[Cl-].[Cl-].[Zr+4]. The average Bonchev–Trinajstić information content (AvgIpc) is 3.45. The van der Waals surface area contributed by atoms with E-state index in [9.17, 15) is 0 Å². The second-order valence-electron chi connectivity index (χ2n) is 14.7. The van der Waals surface area contributed by atoms with Gasteiger partial charge in [0.2, 0.25) is 0 Å². The molecule has 0 aliphatic heterocycles. The van der Waals surface area contributed by atoms with E-state index >= 15 is 0 Å². The summed E-state index contributed by atoms with van der Waals surface area (Å²) in [4.78, 5) is 0. The van der Waals surface area contributed by atoms with Crippen molar-refractivity contribution in [3.8, 4) is 11.1 Å². The molecular formula is C36H44Cl2Zr. The third-order valence-corrected chi connectivity index (χ3v) is 9.83. The fourth-order valence-corrected chi connectivity index (χ4v) is 8.19. The molecule has 0 spiro atoms. The molecule has 4 saturated carbocycles. The second kappa shape index (κ2) is 11.9. The molecular weight excluding hydrogens is 595 g/mol. The molecule has 0 atom stereocenters. The van der Waals surface area contributed by atoms with E-state index in [1.807, 2.05) is 0 Å². The molecule has 8 rings (SSSR count). The van der Waals surface area contributed by atoms with Crippen LogP contribution in [0.5, 0.6) is 0 Å². The van der Waals surface area contributed by atoms with Crippen molar-refractivity contribution in [1.82, 2.24) is 0 Å². The van der Waals surface area contributed by atoms with Gasteiger partial charge in [-0.15, -0.1) is 12.0 Å². The fraction of sp³-hybridized carbons (Fsp3) is 0.556. The van der Waals surface area contributed by atoms with Gasteiger partial charge in [-0.3, -0.25) is 6.08 Å². The van der Waals surface area contributed by atoms with Crippen LogP contribution in [0.1, 0.15) is 109 Å². The Morgan fingerprint density at radius 1 is 0.769 bits per heavy atom. The van der Waals surface area contributed by atoms with Gasteiger partial charge in [-0.25, -0.2) is 11.6 Å². The third kappa shape index (κ3) is 6.42. The van der Waals surface area contributed by atoms with Crippen LogP contribution in [0.15, 0.2) is 48.1 Å². The van der Waals surface area contributed by atoms with E-state index in [1.165, 1.54) is 52.6 Å². The van der Waals surface area contributed by atoms with E-state index in [1.54, 1.807) is 24.8 Å². The van der Waals surface area contributed by atoms with Gasteiger partial charge in [0.1, 0.15) is 0 Å². The molecule has 0 saturated heterocycles. The number of hydrogen-bond donors (Lipinski definition) is 0. The van der Waals surface area contributed by atoms with Crippen molar-refractivity contribution in [2.45, 2.75) is 104 Å². The number of hydrogen-bond acceptors (Lipinski definition) is 0. The summed E-state index contributed by atoms with van der Waals surface area (Å²) in [5.41, 5.74) is 11.0. The van der Waals surface area contributed by atoms with Crippen LogP contribution < -0.4 is 24.8 Å². The van der Waals surface area contributed by atoms with Crippen molar-refractivity contribution >= 4 is 0 Å². The molecule has 6 aliphatic carbocycles. The Bertz CT molecular complexity index is 1140. The van der Waals surface area contributed by atoms with Crippen molar-refractivity contribution in [2.24, 2.45) is 23.2 Å². The van der Waals surface area contributed by atoms with Crippen LogP contribution in [0.4, 0.5) is 0 Å². The summed E-state index contributed by atoms with van der Waals surface area (Å²) in [5.74, 6) is 3.21. The Morgan fingerprint density at radius 2 is 1.33 bits per heavy atom. The summed E-state index contributed by atoms with van der Waals surface area (Å²) in [6, 6.07) is 15.1. The number of rotatable bonds is 1. The fourth-order valence-electron chi connectivity index (χ4n) is 8.19. The normalized spacial score (nSPS) is 27.2. The van der Waals surface area contributed by atoms with E-state index in [-0.39, 0.29) is 61.8 Å². The minimum absolute atomic E-state index is 0. The summed E-state index contributed by atoms with van der Waals surface area (Å²) in [7, 11) is 0. The third-order valence-electron chi connectivity index (χ3n) is 9.83. The summed E-state index contributed by atoms with van der Waals surface area (Å²) in [5, 5.41) is 0. The summed E-state index contributed by atoms with van der Waals surface area (Å²) < 4.78 is 0. The molecule has 39 heavy (non-hydrogen) atoms. The minimum atomic E-state index is 0. The maximum atomic E-state index is 3.62. The zero-order valence-corrected chi connectivity index (χ0v) is 28.7. The molecule has 0 amide bonds. The molecule has 0 aromatic heterocycles. The van der Waals surface area contributed by atoms with E-state index in [0.29, 0.717) is 5.41 Å². The predicted octanol–water partition coefficient (Wildman–Crippen LogP) is 3.55. The maximum absolute atomic E-state index is 3.62. The number of halogens is 2. The predicted molar refractivity (Wildman–Crippen MR) is 152 cm³/mol. The molecule has 4 bridgehead atoms. The van der Waals surface area contributed by atoms with Crippen LogP contribution >= 0.6 is 0 Å². The van der Waals surface area contributed by atoms with Crippen molar-refractivity contribution in [2.75, 3.05) is 0 Å². The Balaban J connectivity index is 0.000000208. The molecule has 0 heterocycles. The first-order chi connectivity index (χ1) is 17.0. The zero-order valence-electron chi connectivity index (χ0n) is 24.7. The summed E-state index contributed by atoms with van der Waals surface area (Å²) in [6.45, 7) is 13.6. The molecule has 0 radical (unpaired) electrons. The summed E-state index contributed by atoms with van der Waals surface area (Å²) in [6.07, 6.45) is 19.5. The molecule has 206 valence electrons. The second-order valence-corrected chi connectivity index (χ2v) is 14.7. The largest absolute Gasteiger partial charge is 4.00 e. The molecule has 2 aromatic rings. The van der Waals surface area contributed by atoms with Gasteiger partial charge in [0, 0.05) is 0 Å². The van der Waals surface area contributed by atoms with E-state index in [2.05, 4.69) is 96.2 Å². The van der Waals surface area contributed by atoms with Crippen molar-refractivity contribution in [3.63, 3.8) is 0 Å². The first-order valence-corrected chi connectivity index (χ1v) is 14.5. The Kier molecular flexibility index (Phi) is 10.1. The molecule has 4 fully saturated rings. The van der Waals surface area contributed by atoms with Gasteiger partial charge in [-0.1, -0.05) is 76.3 Å². The molecule has 0 nitrogen and oxygen atoms in total. The number of allylic oxidation sites excluding steroid dienone is 4. The Labute approximate surface area is 269 Å². The van der Waals surface area contributed by atoms with Gasteiger partial charge in [-0.05, 0) is 79.1 Å². The molecule has 0 N–H and O–H groups in total. The van der Waals surface area contributed by atoms with Gasteiger partial charge in [0.05, 0.1) is 0 Å². The van der Waals surface area contributed by atoms with Crippen molar-refractivity contribution in [3.05, 3.63) is 82.5 Å². The molecule has 3 heteroatoms. The van der Waals surface area contributed by atoms with Gasteiger partial charge >= 0.3 is 26.2 Å².